The van der Waals surface area contributed by atoms with Gasteiger partial charge in [0, 0.05) is 6.42 Å². The highest BCUT2D eigenvalue weighted by atomic mass is 16.6. The Kier molecular flexibility index (Phi) is 2.66. The number of epoxide rings is 1. The Bertz CT molecular complexity index is 140. The van der Waals surface area contributed by atoms with Crippen LogP contribution in [-0.4, -0.2) is 18.0 Å². The zero-order chi connectivity index (χ0) is 8.32. The second-order valence-electron chi connectivity index (χ2n) is 3.66. The normalized spacial score (nSPS) is 26.5. The van der Waals surface area contributed by atoms with Gasteiger partial charge in [0.2, 0.25) is 0 Å². The van der Waals surface area contributed by atoms with Gasteiger partial charge in [0.05, 0.1) is 11.7 Å². The minimum Gasteiger partial charge on any atom is -0.367 e. The lowest BCUT2D eigenvalue weighted by atomic mass is 10.0. The fourth-order valence-electron chi connectivity index (χ4n) is 1.30. The van der Waals surface area contributed by atoms with E-state index in [4.69, 9.17) is 4.74 Å². The molecule has 0 spiro atoms. The summed E-state index contributed by atoms with van der Waals surface area (Å²) in [6.45, 7) is 4.22. The zero-order valence-electron chi connectivity index (χ0n) is 7.30. The van der Waals surface area contributed by atoms with E-state index in [2.05, 4.69) is 13.8 Å². The lowest BCUT2D eigenvalue weighted by Crippen LogP contribution is -2.02. The van der Waals surface area contributed by atoms with Gasteiger partial charge in [-0.25, -0.2) is 0 Å². The molecule has 0 N–H and O–H groups in total. The average Bonchev–Trinajstić information content (AvgIpc) is 2.52. The van der Waals surface area contributed by atoms with Crippen LogP contribution in [-0.2, 0) is 9.53 Å². The van der Waals surface area contributed by atoms with Gasteiger partial charge < -0.3 is 9.53 Å². The predicted molar refractivity (Wildman–Crippen MR) is 43.5 cm³/mol. The summed E-state index contributed by atoms with van der Waals surface area (Å²) in [5.74, 6) is 0. The van der Waals surface area contributed by atoms with E-state index >= 15 is 0 Å². The molecule has 0 aromatic heterocycles. The number of unbranched alkanes of at least 4 members (excludes halogenated alkanes) is 2. The number of aldehydes is 1. The molecule has 1 aliphatic rings. The summed E-state index contributed by atoms with van der Waals surface area (Å²) in [6, 6.07) is 0. The molecule has 1 heterocycles. The van der Waals surface area contributed by atoms with Gasteiger partial charge in [-0.05, 0) is 26.7 Å². The van der Waals surface area contributed by atoms with Crippen LogP contribution in [0.3, 0.4) is 0 Å². The molecule has 1 aliphatic heterocycles. The van der Waals surface area contributed by atoms with E-state index in [1.807, 2.05) is 0 Å². The van der Waals surface area contributed by atoms with Gasteiger partial charge in [0.1, 0.15) is 6.29 Å². The van der Waals surface area contributed by atoms with Crippen LogP contribution < -0.4 is 0 Å². The molecule has 1 unspecified atom stereocenters. The van der Waals surface area contributed by atoms with Crippen molar-refractivity contribution in [2.45, 2.75) is 51.2 Å². The van der Waals surface area contributed by atoms with E-state index in [0.717, 1.165) is 25.5 Å². The zero-order valence-corrected chi connectivity index (χ0v) is 7.30. The molecule has 0 aromatic carbocycles. The number of rotatable bonds is 5. The van der Waals surface area contributed by atoms with Gasteiger partial charge in [-0.1, -0.05) is 6.42 Å². The smallest absolute Gasteiger partial charge is 0.119 e. The first kappa shape index (κ1) is 8.72. The Morgan fingerprint density at radius 2 is 2.09 bits per heavy atom. The van der Waals surface area contributed by atoms with Crippen LogP contribution in [0.5, 0.6) is 0 Å². The highest BCUT2D eigenvalue weighted by Gasteiger charge is 2.46. The van der Waals surface area contributed by atoms with Crippen molar-refractivity contribution >= 4 is 6.29 Å². The predicted octanol–water partition coefficient (Wildman–Crippen LogP) is 1.92. The van der Waals surface area contributed by atoms with E-state index < -0.39 is 0 Å². The lowest BCUT2D eigenvalue weighted by molar-refractivity contribution is -0.107. The molecule has 0 amide bonds. The summed E-state index contributed by atoms with van der Waals surface area (Å²) >= 11 is 0. The van der Waals surface area contributed by atoms with Crippen molar-refractivity contribution in [3.05, 3.63) is 0 Å². The molecule has 0 aliphatic carbocycles. The van der Waals surface area contributed by atoms with Gasteiger partial charge >= 0.3 is 0 Å². The maximum absolute atomic E-state index is 9.96. The summed E-state index contributed by atoms with van der Waals surface area (Å²) in [7, 11) is 0. The fourth-order valence-corrected chi connectivity index (χ4v) is 1.30. The van der Waals surface area contributed by atoms with Crippen LogP contribution in [0, 0.1) is 0 Å². The summed E-state index contributed by atoms with van der Waals surface area (Å²) in [4.78, 5) is 9.96. The number of ether oxygens (including phenoxy) is 1. The van der Waals surface area contributed by atoms with Gasteiger partial charge in [0.25, 0.3) is 0 Å². The summed E-state index contributed by atoms with van der Waals surface area (Å²) in [5, 5.41) is 0. The second kappa shape index (κ2) is 3.35. The third kappa shape index (κ3) is 2.62. The standard InChI is InChI=1S/C9H16O2/c1-9(2)8(11-9)6-4-3-5-7-10/h7-8H,3-6H2,1-2H3. The molecule has 0 aromatic rings. The van der Waals surface area contributed by atoms with E-state index in [1.165, 1.54) is 0 Å². The third-order valence-corrected chi connectivity index (χ3v) is 2.20. The summed E-state index contributed by atoms with van der Waals surface area (Å²) in [6.07, 6.45) is 5.38. The van der Waals surface area contributed by atoms with Crippen molar-refractivity contribution in [2.75, 3.05) is 0 Å². The Hall–Kier alpha value is -0.370. The summed E-state index contributed by atoms with van der Waals surface area (Å²) < 4.78 is 5.40. The number of hydrogen-bond acceptors (Lipinski definition) is 2. The Labute approximate surface area is 67.9 Å². The second-order valence-corrected chi connectivity index (χ2v) is 3.66. The molecule has 1 rings (SSSR count). The molecule has 1 saturated heterocycles. The molecular formula is C9H16O2. The molecule has 2 heteroatoms. The highest BCUT2D eigenvalue weighted by molar-refractivity contribution is 5.48. The van der Waals surface area contributed by atoms with Gasteiger partial charge in [-0.2, -0.15) is 0 Å². The maximum atomic E-state index is 9.96. The van der Waals surface area contributed by atoms with Gasteiger partial charge in [0.15, 0.2) is 0 Å². The van der Waals surface area contributed by atoms with Crippen LogP contribution in [0.25, 0.3) is 0 Å². The number of carbonyl (C=O) groups excluding carboxylic acids is 1. The van der Waals surface area contributed by atoms with Crippen LogP contribution in [0.4, 0.5) is 0 Å². The van der Waals surface area contributed by atoms with Crippen molar-refractivity contribution < 1.29 is 9.53 Å². The van der Waals surface area contributed by atoms with E-state index in [9.17, 15) is 4.79 Å². The molecule has 64 valence electrons. The Morgan fingerprint density at radius 3 is 2.55 bits per heavy atom. The van der Waals surface area contributed by atoms with Crippen molar-refractivity contribution in [2.24, 2.45) is 0 Å². The maximum Gasteiger partial charge on any atom is 0.119 e. The molecule has 0 radical (unpaired) electrons. The molecule has 0 saturated carbocycles. The Morgan fingerprint density at radius 1 is 1.45 bits per heavy atom. The van der Waals surface area contributed by atoms with E-state index in [0.29, 0.717) is 12.5 Å². The largest absolute Gasteiger partial charge is 0.367 e. The lowest BCUT2D eigenvalue weighted by Gasteiger charge is -1.95. The number of hydrogen-bond donors (Lipinski definition) is 0. The fraction of sp³-hybridized carbons (Fsp3) is 0.889. The highest BCUT2D eigenvalue weighted by Crippen LogP contribution is 2.38. The van der Waals surface area contributed by atoms with E-state index in [-0.39, 0.29) is 5.60 Å². The van der Waals surface area contributed by atoms with Crippen LogP contribution in [0.15, 0.2) is 0 Å². The molecule has 11 heavy (non-hydrogen) atoms. The van der Waals surface area contributed by atoms with Crippen LogP contribution in [0.1, 0.15) is 39.5 Å². The van der Waals surface area contributed by atoms with Gasteiger partial charge in [-0.15, -0.1) is 0 Å². The van der Waals surface area contributed by atoms with Crippen LogP contribution >= 0.6 is 0 Å². The Balaban J connectivity index is 1.94. The molecule has 1 fully saturated rings. The van der Waals surface area contributed by atoms with Crippen molar-refractivity contribution in [3.63, 3.8) is 0 Å². The minimum absolute atomic E-state index is 0.126. The molecule has 0 bridgehead atoms. The monoisotopic (exact) mass is 156 g/mol. The minimum atomic E-state index is 0.126. The van der Waals surface area contributed by atoms with Gasteiger partial charge in [-0.3, -0.25) is 0 Å². The molecule has 1 atom stereocenters. The van der Waals surface area contributed by atoms with E-state index in [1.54, 1.807) is 0 Å². The number of carbonyl (C=O) groups is 1. The SMILES string of the molecule is CC1(C)OC1CCCCC=O. The first-order chi connectivity index (χ1) is 5.17. The third-order valence-electron chi connectivity index (χ3n) is 2.20. The quantitative estimate of drug-likeness (QED) is 0.346. The van der Waals surface area contributed by atoms with Crippen molar-refractivity contribution in [1.29, 1.82) is 0 Å². The van der Waals surface area contributed by atoms with Crippen LogP contribution in [0.2, 0.25) is 0 Å². The van der Waals surface area contributed by atoms with Crippen molar-refractivity contribution in [1.82, 2.24) is 0 Å². The first-order valence-corrected chi connectivity index (χ1v) is 4.28. The molecular weight excluding hydrogens is 140 g/mol. The topological polar surface area (TPSA) is 29.6 Å². The summed E-state index contributed by atoms with van der Waals surface area (Å²) in [5.41, 5.74) is 0.126. The first-order valence-electron chi connectivity index (χ1n) is 4.28. The average molecular weight is 156 g/mol. The molecule has 2 nitrogen and oxygen atoms in total. The van der Waals surface area contributed by atoms with Crippen molar-refractivity contribution in [3.8, 4) is 0 Å².